The molecule has 1 N–H and O–H groups in total. The molecule has 1 aromatic heterocycles. The minimum absolute atomic E-state index is 0.145. The van der Waals surface area contributed by atoms with Gasteiger partial charge < -0.3 is 19.5 Å². The molecule has 116 valence electrons. The number of nitrogens with zero attached hydrogens (tertiary/aromatic N) is 3. The summed E-state index contributed by atoms with van der Waals surface area (Å²) in [4.78, 5) is 21.6. The first-order valence-electron chi connectivity index (χ1n) is 7.09. The number of hydrogen-bond acceptors (Lipinski definition) is 6. The van der Waals surface area contributed by atoms with Gasteiger partial charge in [0.25, 0.3) is 0 Å². The zero-order valence-electron chi connectivity index (χ0n) is 12.4. The summed E-state index contributed by atoms with van der Waals surface area (Å²) in [5.74, 6) is 0.657. The largest absolute Gasteiger partial charge is 0.481 e. The van der Waals surface area contributed by atoms with Gasteiger partial charge in [0.05, 0.1) is 20.3 Å². The fourth-order valence-corrected chi connectivity index (χ4v) is 2.58. The van der Waals surface area contributed by atoms with Gasteiger partial charge in [0, 0.05) is 19.0 Å². The van der Waals surface area contributed by atoms with E-state index in [9.17, 15) is 4.79 Å². The number of aromatic nitrogens is 2. The summed E-state index contributed by atoms with van der Waals surface area (Å²) in [5.41, 5.74) is 0. The van der Waals surface area contributed by atoms with E-state index in [-0.39, 0.29) is 12.5 Å². The molecule has 7 nitrogen and oxygen atoms in total. The van der Waals surface area contributed by atoms with Crippen molar-refractivity contribution in [3.05, 3.63) is 6.07 Å². The molecule has 0 amide bonds. The van der Waals surface area contributed by atoms with Gasteiger partial charge in [-0.1, -0.05) is 0 Å². The van der Waals surface area contributed by atoms with Crippen LogP contribution in [0, 0.1) is 0 Å². The van der Waals surface area contributed by atoms with Gasteiger partial charge in [0.15, 0.2) is 0 Å². The summed E-state index contributed by atoms with van der Waals surface area (Å²) < 4.78 is 10.3. The van der Waals surface area contributed by atoms with Crippen molar-refractivity contribution in [2.24, 2.45) is 0 Å². The summed E-state index contributed by atoms with van der Waals surface area (Å²) in [6, 6.07) is 1.77. The topological polar surface area (TPSA) is 84.8 Å². The van der Waals surface area contributed by atoms with E-state index in [0.29, 0.717) is 24.1 Å². The minimum atomic E-state index is -0.773. The summed E-state index contributed by atoms with van der Waals surface area (Å²) in [6.45, 7) is 0.820. The lowest BCUT2D eigenvalue weighted by atomic mass is 9.98. The quantitative estimate of drug-likeness (QED) is 0.855. The maximum Gasteiger partial charge on any atom is 0.303 e. The van der Waals surface area contributed by atoms with E-state index in [2.05, 4.69) is 14.9 Å². The zero-order chi connectivity index (χ0) is 15.2. The Morgan fingerprint density at radius 2 is 2.00 bits per heavy atom. The Kier molecular flexibility index (Phi) is 5.19. The average molecular weight is 295 g/mol. The van der Waals surface area contributed by atoms with E-state index in [1.807, 2.05) is 0 Å². The van der Waals surface area contributed by atoms with Gasteiger partial charge in [-0.25, -0.2) is 0 Å². The Morgan fingerprint density at radius 3 is 2.57 bits per heavy atom. The first-order chi connectivity index (χ1) is 10.1. The second-order valence-electron chi connectivity index (χ2n) is 5.03. The van der Waals surface area contributed by atoms with Gasteiger partial charge in [0.2, 0.25) is 17.7 Å². The van der Waals surface area contributed by atoms with Crippen molar-refractivity contribution >= 4 is 11.9 Å². The number of carbonyl (C=O) groups is 1. The van der Waals surface area contributed by atoms with Crippen LogP contribution in [0.15, 0.2) is 6.07 Å². The molecule has 1 aliphatic heterocycles. The third kappa shape index (κ3) is 3.96. The van der Waals surface area contributed by atoms with E-state index in [1.54, 1.807) is 20.3 Å². The van der Waals surface area contributed by atoms with E-state index >= 15 is 0 Å². The van der Waals surface area contributed by atoms with E-state index < -0.39 is 5.97 Å². The predicted octanol–water partition coefficient (Wildman–Crippen LogP) is 1.72. The highest BCUT2D eigenvalue weighted by atomic mass is 16.5. The van der Waals surface area contributed by atoms with Crippen LogP contribution in [0.2, 0.25) is 0 Å². The molecule has 1 fully saturated rings. The monoisotopic (exact) mass is 295 g/mol. The molecule has 0 saturated carbocycles. The molecule has 1 aliphatic rings. The van der Waals surface area contributed by atoms with Crippen LogP contribution in [-0.4, -0.2) is 47.8 Å². The lowest BCUT2D eigenvalue weighted by Gasteiger charge is -2.35. The Morgan fingerprint density at radius 1 is 1.33 bits per heavy atom. The molecule has 0 spiro atoms. The van der Waals surface area contributed by atoms with Crippen molar-refractivity contribution < 1.29 is 19.4 Å². The van der Waals surface area contributed by atoms with E-state index in [1.165, 1.54) is 0 Å². The number of rotatable bonds is 6. The summed E-state index contributed by atoms with van der Waals surface area (Å²) in [5, 5.41) is 8.88. The SMILES string of the molecule is COc1cc(OC)nc(N2CCCCC2CCC(=O)O)n1. The summed E-state index contributed by atoms with van der Waals surface area (Å²) in [6.07, 6.45) is 3.85. The molecule has 1 unspecified atom stereocenters. The average Bonchev–Trinajstić information content (AvgIpc) is 2.52. The Bertz CT molecular complexity index is 473. The highest BCUT2D eigenvalue weighted by Gasteiger charge is 2.26. The van der Waals surface area contributed by atoms with E-state index in [4.69, 9.17) is 14.6 Å². The van der Waals surface area contributed by atoms with Crippen LogP contribution >= 0.6 is 0 Å². The van der Waals surface area contributed by atoms with Gasteiger partial charge in [-0.05, 0) is 25.7 Å². The fraction of sp³-hybridized carbons (Fsp3) is 0.643. The maximum absolute atomic E-state index is 10.8. The van der Waals surface area contributed by atoms with Crippen LogP contribution in [0.5, 0.6) is 11.8 Å². The van der Waals surface area contributed by atoms with Gasteiger partial charge in [-0.3, -0.25) is 4.79 Å². The van der Waals surface area contributed by atoms with Gasteiger partial charge in [0.1, 0.15) is 0 Å². The highest BCUT2D eigenvalue weighted by Crippen LogP contribution is 2.28. The van der Waals surface area contributed by atoms with Crippen molar-refractivity contribution in [3.63, 3.8) is 0 Å². The molecule has 7 heteroatoms. The Balaban J connectivity index is 2.21. The normalized spacial score (nSPS) is 18.4. The maximum atomic E-state index is 10.8. The molecule has 21 heavy (non-hydrogen) atoms. The number of aliphatic carboxylic acids is 1. The lowest BCUT2D eigenvalue weighted by Crippen LogP contribution is -2.41. The smallest absolute Gasteiger partial charge is 0.303 e. The van der Waals surface area contributed by atoms with Gasteiger partial charge in [-0.2, -0.15) is 9.97 Å². The second kappa shape index (κ2) is 7.10. The predicted molar refractivity (Wildman–Crippen MR) is 77.0 cm³/mol. The van der Waals surface area contributed by atoms with Crippen molar-refractivity contribution in [1.82, 2.24) is 9.97 Å². The minimum Gasteiger partial charge on any atom is -0.481 e. The highest BCUT2D eigenvalue weighted by molar-refractivity contribution is 5.66. The first kappa shape index (κ1) is 15.3. The van der Waals surface area contributed by atoms with Crippen LogP contribution in [0.1, 0.15) is 32.1 Å². The molecule has 2 rings (SSSR count). The molecule has 0 radical (unpaired) electrons. The molecule has 0 bridgehead atoms. The molecule has 1 saturated heterocycles. The van der Waals surface area contributed by atoms with Crippen LogP contribution in [0.3, 0.4) is 0 Å². The first-order valence-corrected chi connectivity index (χ1v) is 7.09. The number of ether oxygens (including phenoxy) is 2. The number of carboxylic acids is 1. The fourth-order valence-electron chi connectivity index (χ4n) is 2.58. The molecular weight excluding hydrogens is 274 g/mol. The van der Waals surface area contributed by atoms with Crippen molar-refractivity contribution in [3.8, 4) is 11.8 Å². The summed E-state index contributed by atoms with van der Waals surface area (Å²) in [7, 11) is 3.09. The van der Waals surface area contributed by atoms with Crippen molar-refractivity contribution in [2.45, 2.75) is 38.1 Å². The molecule has 2 heterocycles. The van der Waals surface area contributed by atoms with Gasteiger partial charge >= 0.3 is 5.97 Å². The Hall–Kier alpha value is -2.05. The number of methoxy groups -OCH3 is 2. The molecule has 0 aliphatic carbocycles. The van der Waals surface area contributed by atoms with Crippen LogP contribution in [0.4, 0.5) is 5.95 Å². The van der Waals surface area contributed by atoms with Gasteiger partial charge in [-0.15, -0.1) is 0 Å². The lowest BCUT2D eigenvalue weighted by molar-refractivity contribution is -0.137. The molecular formula is C14H21N3O4. The van der Waals surface area contributed by atoms with Crippen LogP contribution < -0.4 is 14.4 Å². The number of piperidine rings is 1. The third-order valence-corrected chi connectivity index (χ3v) is 3.66. The Labute approximate surface area is 123 Å². The molecule has 1 aromatic rings. The molecule has 1 atom stereocenters. The standard InChI is InChI=1S/C14H21N3O4/c1-20-11-9-12(21-2)16-14(15-11)17-8-4-3-5-10(17)6-7-13(18)19/h9-10H,3-8H2,1-2H3,(H,18,19). The number of carboxylic acid groups (broad SMARTS) is 1. The van der Waals surface area contributed by atoms with Crippen LogP contribution in [-0.2, 0) is 4.79 Å². The number of hydrogen-bond donors (Lipinski definition) is 1. The van der Waals surface area contributed by atoms with Crippen molar-refractivity contribution in [1.29, 1.82) is 0 Å². The zero-order valence-corrected chi connectivity index (χ0v) is 12.4. The van der Waals surface area contributed by atoms with Crippen LogP contribution in [0.25, 0.3) is 0 Å². The van der Waals surface area contributed by atoms with E-state index in [0.717, 1.165) is 25.8 Å². The molecule has 0 aromatic carbocycles. The second-order valence-corrected chi connectivity index (χ2v) is 5.03. The summed E-state index contributed by atoms with van der Waals surface area (Å²) >= 11 is 0. The third-order valence-electron chi connectivity index (χ3n) is 3.66. The number of anilines is 1. The van der Waals surface area contributed by atoms with Crippen molar-refractivity contribution in [2.75, 3.05) is 25.7 Å².